The van der Waals surface area contributed by atoms with Gasteiger partial charge >= 0.3 is 6.03 Å². The third-order valence-corrected chi connectivity index (χ3v) is 2.55. The number of phenols is 1. The first-order valence-electron chi connectivity index (χ1n) is 5.82. The minimum absolute atomic E-state index is 0.0809. The van der Waals surface area contributed by atoms with Crippen molar-refractivity contribution in [2.75, 3.05) is 11.1 Å². The molecular weight excluding hydrogens is 258 g/mol. The zero-order chi connectivity index (χ0) is 14.5. The average molecular weight is 271 g/mol. The van der Waals surface area contributed by atoms with Crippen LogP contribution in [0.15, 0.2) is 48.5 Å². The number of amides is 3. The molecule has 20 heavy (non-hydrogen) atoms. The number of nitrogens with two attached hydrogens (primary N) is 1. The van der Waals surface area contributed by atoms with E-state index >= 15 is 0 Å². The number of benzene rings is 2. The molecule has 0 atom stereocenters. The summed E-state index contributed by atoms with van der Waals surface area (Å²) in [6, 6.07) is 11.6. The van der Waals surface area contributed by atoms with Gasteiger partial charge in [-0.3, -0.25) is 10.1 Å². The van der Waals surface area contributed by atoms with Gasteiger partial charge in [-0.05, 0) is 36.4 Å². The molecular formula is C14H13N3O3. The number of anilines is 2. The van der Waals surface area contributed by atoms with Crippen molar-refractivity contribution in [1.82, 2.24) is 5.32 Å². The predicted molar refractivity (Wildman–Crippen MR) is 75.4 cm³/mol. The van der Waals surface area contributed by atoms with Crippen LogP contribution in [0.1, 0.15) is 10.4 Å². The number of imide groups is 1. The highest BCUT2D eigenvalue weighted by Gasteiger charge is 2.11. The lowest BCUT2D eigenvalue weighted by atomic mass is 10.2. The van der Waals surface area contributed by atoms with Crippen molar-refractivity contribution >= 4 is 23.3 Å². The highest BCUT2D eigenvalue weighted by atomic mass is 16.3. The molecule has 0 radical (unpaired) electrons. The van der Waals surface area contributed by atoms with Crippen molar-refractivity contribution in [3.63, 3.8) is 0 Å². The Balaban J connectivity index is 2.00. The quantitative estimate of drug-likeness (QED) is 0.495. The van der Waals surface area contributed by atoms with Crippen LogP contribution in [0.5, 0.6) is 5.75 Å². The lowest BCUT2D eigenvalue weighted by Crippen LogP contribution is -2.34. The van der Waals surface area contributed by atoms with Crippen LogP contribution >= 0.6 is 0 Å². The van der Waals surface area contributed by atoms with E-state index in [1.807, 2.05) is 0 Å². The van der Waals surface area contributed by atoms with Gasteiger partial charge < -0.3 is 16.2 Å². The summed E-state index contributed by atoms with van der Waals surface area (Å²) in [5, 5.41) is 14.0. The van der Waals surface area contributed by atoms with Crippen LogP contribution in [-0.2, 0) is 0 Å². The van der Waals surface area contributed by atoms with Crippen molar-refractivity contribution in [2.24, 2.45) is 0 Å². The van der Waals surface area contributed by atoms with E-state index in [4.69, 9.17) is 5.73 Å². The summed E-state index contributed by atoms with van der Waals surface area (Å²) in [7, 11) is 0. The SMILES string of the molecule is Nc1ccc(C(=O)NC(=O)Nc2ccccc2O)cc1. The Morgan fingerprint density at radius 3 is 2.30 bits per heavy atom. The van der Waals surface area contributed by atoms with Gasteiger partial charge in [0.1, 0.15) is 5.75 Å². The van der Waals surface area contributed by atoms with Crippen molar-refractivity contribution in [1.29, 1.82) is 0 Å². The van der Waals surface area contributed by atoms with E-state index < -0.39 is 11.9 Å². The molecule has 2 aromatic rings. The monoisotopic (exact) mass is 271 g/mol. The Morgan fingerprint density at radius 1 is 1.00 bits per heavy atom. The van der Waals surface area contributed by atoms with E-state index in [0.717, 1.165) is 0 Å². The number of aromatic hydroxyl groups is 1. The van der Waals surface area contributed by atoms with Crippen LogP contribution in [0, 0.1) is 0 Å². The first-order chi connectivity index (χ1) is 9.56. The second-order valence-electron chi connectivity index (χ2n) is 4.05. The predicted octanol–water partition coefficient (Wildman–Crippen LogP) is 1.94. The van der Waals surface area contributed by atoms with Gasteiger partial charge in [0.2, 0.25) is 0 Å². The topological polar surface area (TPSA) is 104 Å². The third kappa shape index (κ3) is 3.26. The number of carbonyl (C=O) groups excluding carboxylic acids is 2. The van der Waals surface area contributed by atoms with E-state index in [1.54, 1.807) is 24.3 Å². The molecule has 5 N–H and O–H groups in total. The van der Waals surface area contributed by atoms with E-state index in [0.29, 0.717) is 11.3 Å². The van der Waals surface area contributed by atoms with E-state index in [2.05, 4.69) is 10.6 Å². The van der Waals surface area contributed by atoms with Gasteiger partial charge in [-0.15, -0.1) is 0 Å². The van der Waals surface area contributed by atoms with Gasteiger partial charge in [-0.2, -0.15) is 0 Å². The van der Waals surface area contributed by atoms with Gasteiger partial charge in [0.25, 0.3) is 5.91 Å². The van der Waals surface area contributed by atoms with Crippen molar-refractivity contribution in [3.05, 3.63) is 54.1 Å². The smallest absolute Gasteiger partial charge is 0.326 e. The van der Waals surface area contributed by atoms with Crippen LogP contribution in [0.4, 0.5) is 16.2 Å². The number of carbonyl (C=O) groups is 2. The number of para-hydroxylation sites is 2. The fraction of sp³-hybridized carbons (Fsp3) is 0. The molecule has 0 heterocycles. The second kappa shape index (κ2) is 5.75. The molecule has 0 saturated carbocycles. The lowest BCUT2D eigenvalue weighted by molar-refractivity contribution is 0.0967. The summed E-state index contributed by atoms with van der Waals surface area (Å²) in [5.74, 6) is -0.638. The molecule has 6 heteroatoms. The zero-order valence-electron chi connectivity index (χ0n) is 10.5. The minimum atomic E-state index is -0.728. The standard InChI is InChI=1S/C14H13N3O3/c15-10-7-5-9(6-8-10)13(19)17-14(20)16-11-3-1-2-4-12(11)18/h1-8,18H,15H2,(H2,16,17,19,20). The van der Waals surface area contributed by atoms with Crippen molar-refractivity contribution in [2.45, 2.75) is 0 Å². The zero-order valence-corrected chi connectivity index (χ0v) is 10.5. The molecule has 0 saturated heterocycles. The van der Waals surface area contributed by atoms with Crippen LogP contribution in [-0.4, -0.2) is 17.0 Å². The Bertz CT molecular complexity index is 638. The number of rotatable bonds is 2. The summed E-state index contributed by atoms with van der Waals surface area (Å²) in [4.78, 5) is 23.4. The number of phenolic OH excluding ortho intramolecular Hbond substituents is 1. The summed E-state index contributed by atoms with van der Waals surface area (Å²) in [6.07, 6.45) is 0. The molecule has 0 aliphatic rings. The highest BCUT2D eigenvalue weighted by molar-refractivity contribution is 6.08. The summed E-state index contributed by atoms with van der Waals surface area (Å²) < 4.78 is 0. The largest absolute Gasteiger partial charge is 0.506 e. The highest BCUT2D eigenvalue weighted by Crippen LogP contribution is 2.21. The Morgan fingerprint density at radius 2 is 1.65 bits per heavy atom. The van der Waals surface area contributed by atoms with Gasteiger partial charge in [0.15, 0.2) is 0 Å². The molecule has 0 bridgehead atoms. The molecule has 6 nitrogen and oxygen atoms in total. The van der Waals surface area contributed by atoms with Crippen LogP contribution < -0.4 is 16.4 Å². The Kier molecular flexibility index (Phi) is 3.85. The first kappa shape index (κ1) is 13.4. The fourth-order valence-corrected chi connectivity index (χ4v) is 1.54. The van der Waals surface area contributed by atoms with Gasteiger partial charge in [0, 0.05) is 11.3 Å². The third-order valence-electron chi connectivity index (χ3n) is 2.55. The molecule has 0 unspecified atom stereocenters. The van der Waals surface area contributed by atoms with Gasteiger partial charge in [-0.25, -0.2) is 4.79 Å². The van der Waals surface area contributed by atoms with E-state index in [1.165, 1.54) is 24.3 Å². The number of hydrogen-bond acceptors (Lipinski definition) is 4. The average Bonchev–Trinajstić information content (AvgIpc) is 2.42. The second-order valence-corrected chi connectivity index (χ2v) is 4.05. The molecule has 2 aromatic carbocycles. The Labute approximate surface area is 115 Å². The number of hydrogen-bond donors (Lipinski definition) is 4. The fourth-order valence-electron chi connectivity index (χ4n) is 1.54. The lowest BCUT2D eigenvalue weighted by Gasteiger charge is -2.08. The summed E-state index contributed by atoms with van der Waals surface area (Å²) in [6.45, 7) is 0. The maximum absolute atomic E-state index is 11.8. The number of urea groups is 1. The molecule has 102 valence electrons. The number of nitrogen functional groups attached to an aromatic ring is 1. The molecule has 0 aliphatic heterocycles. The maximum Gasteiger partial charge on any atom is 0.326 e. The first-order valence-corrected chi connectivity index (χ1v) is 5.82. The maximum atomic E-state index is 11.8. The van der Waals surface area contributed by atoms with Gasteiger partial charge in [-0.1, -0.05) is 12.1 Å². The summed E-state index contributed by atoms with van der Waals surface area (Å²) >= 11 is 0. The molecule has 0 aromatic heterocycles. The number of nitrogens with one attached hydrogen (secondary N) is 2. The minimum Gasteiger partial charge on any atom is -0.506 e. The summed E-state index contributed by atoms with van der Waals surface area (Å²) in [5.41, 5.74) is 6.57. The van der Waals surface area contributed by atoms with Crippen molar-refractivity contribution < 1.29 is 14.7 Å². The molecule has 2 rings (SSSR count). The van der Waals surface area contributed by atoms with Gasteiger partial charge in [0.05, 0.1) is 5.69 Å². The Hall–Kier alpha value is -3.02. The normalized spacial score (nSPS) is 9.80. The van der Waals surface area contributed by atoms with Crippen LogP contribution in [0.3, 0.4) is 0 Å². The molecule has 0 aliphatic carbocycles. The van der Waals surface area contributed by atoms with Crippen LogP contribution in [0.2, 0.25) is 0 Å². The molecule has 3 amide bonds. The van der Waals surface area contributed by atoms with E-state index in [9.17, 15) is 14.7 Å². The van der Waals surface area contributed by atoms with Crippen LogP contribution in [0.25, 0.3) is 0 Å². The molecule has 0 fully saturated rings. The van der Waals surface area contributed by atoms with Crippen molar-refractivity contribution in [3.8, 4) is 5.75 Å². The van der Waals surface area contributed by atoms with E-state index in [-0.39, 0.29) is 11.4 Å². The molecule has 0 spiro atoms.